The Labute approximate surface area is 140 Å². The van der Waals surface area contributed by atoms with Crippen molar-refractivity contribution in [3.63, 3.8) is 0 Å². The van der Waals surface area contributed by atoms with Crippen LogP contribution >= 0.6 is 0 Å². The lowest BCUT2D eigenvalue weighted by molar-refractivity contribution is 0.0436. The molecule has 0 aliphatic carbocycles. The van der Waals surface area contributed by atoms with Crippen molar-refractivity contribution in [2.45, 2.75) is 65.5 Å². The Morgan fingerprint density at radius 1 is 1.35 bits per heavy atom. The van der Waals surface area contributed by atoms with Crippen LogP contribution in [0, 0.1) is 5.92 Å². The summed E-state index contributed by atoms with van der Waals surface area (Å²) in [5, 5.41) is 17.1. The van der Waals surface area contributed by atoms with Crippen LogP contribution in [0.4, 0.5) is 0 Å². The topological polar surface area (TPSA) is 69.8 Å². The van der Waals surface area contributed by atoms with E-state index < -0.39 is 5.60 Å². The molecule has 0 radical (unpaired) electrons. The van der Waals surface area contributed by atoms with Crippen molar-refractivity contribution in [1.29, 1.82) is 0 Å². The van der Waals surface area contributed by atoms with Gasteiger partial charge in [-0.1, -0.05) is 26.7 Å². The summed E-state index contributed by atoms with van der Waals surface area (Å²) in [6, 6.07) is 3.89. The summed E-state index contributed by atoms with van der Waals surface area (Å²) in [4.78, 5) is 4.51. The lowest BCUT2D eigenvalue weighted by atomic mass is 10.0. The van der Waals surface area contributed by atoms with E-state index in [4.69, 9.17) is 4.42 Å². The van der Waals surface area contributed by atoms with Crippen LogP contribution < -0.4 is 10.6 Å². The number of hydrogen-bond acceptors (Lipinski definition) is 3. The summed E-state index contributed by atoms with van der Waals surface area (Å²) in [6.07, 6.45) is 5.12. The summed E-state index contributed by atoms with van der Waals surface area (Å²) in [5.41, 5.74) is -1.10. The largest absolute Gasteiger partial charge is 0.466 e. The van der Waals surface area contributed by atoms with Gasteiger partial charge in [0, 0.05) is 12.6 Å². The molecule has 1 heterocycles. The Hall–Kier alpha value is -1.49. The first-order chi connectivity index (χ1) is 10.8. The molecule has 0 bridgehead atoms. The third-order valence-electron chi connectivity index (χ3n) is 3.74. The second kappa shape index (κ2) is 9.60. The molecular formula is C18H33N3O2. The molecule has 5 nitrogen and oxygen atoms in total. The van der Waals surface area contributed by atoms with Gasteiger partial charge in [-0.15, -0.1) is 0 Å². The van der Waals surface area contributed by atoms with Gasteiger partial charge in [0.2, 0.25) is 0 Å². The molecule has 1 aromatic heterocycles. The van der Waals surface area contributed by atoms with Crippen LogP contribution in [-0.2, 0) is 5.60 Å². The smallest absolute Gasteiger partial charge is 0.191 e. The van der Waals surface area contributed by atoms with Crippen LogP contribution in [0.1, 0.15) is 59.6 Å². The molecule has 132 valence electrons. The third-order valence-corrected chi connectivity index (χ3v) is 3.74. The molecule has 0 fully saturated rings. The van der Waals surface area contributed by atoms with Crippen molar-refractivity contribution >= 4 is 5.96 Å². The van der Waals surface area contributed by atoms with Crippen molar-refractivity contribution in [3.8, 4) is 0 Å². The Morgan fingerprint density at radius 3 is 2.65 bits per heavy atom. The van der Waals surface area contributed by atoms with Crippen LogP contribution in [0.25, 0.3) is 0 Å². The van der Waals surface area contributed by atoms with Gasteiger partial charge in [0.1, 0.15) is 11.4 Å². The van der Waals surface area contributed by atoms with Crippen molar-refractivity contribution < 1.29 is 9.52 Å². The molecule has 0 aromatic carbocycles. The molecule has 0 spiro atoms. The minimum absolute atomic E-state index is 0.245. The molecule has 1 aromatic rings. The van der Waals surface area contributed by atoms with E-state index in [0.717, 1.165) is 24.8 Å². The second-order valence-electron chi connectivity index (χ2n) is 6.82. The van der Waals surface area contributed by atoms with Gasteiger partial charge in [-0.3, -0.25) is 0 Å². The fourth-order valence-electron chi connectivity index (χ4n) is 2.35. The maximum atomic E-state index is 10.5. The monoisotopic (exact) mass is 323 g/mol. The van der Waals surface area contributed by atoms with Crippen LogP contribution in [0.15, 0.2) is 27.8 Å². The molecule has 0 amide bonds. The Morgan fingerprint density at radius 2 is 2.09 bits per heavy atom. The summed E-state index contributed by atoms with van der Waals surface area (Å²) < 4.78 is 5.29. The highest BCUT2D eigenvalue weighted by Crippen LogP contribution is 2.21. The van der Waals surface area contributed by atoms with Gasteiger partial charge in [0.05, 0.1) is 12.8 Å². The number of guanidine groups is 1. The predicted octanol–water partition coefficient (Wildman–Crippen LogP) is 3.26. The van der Waals surface area contributed by atoms with Crippen LogP contribution in [0.5, 0.6) is 0 Å². The molecule has 0 saturated carbocycles. The fraction of sp³-hybridized carbons (Fsp3) is 0.722. The molecule has 2 unspecified atom stereocenters. The Balaban J connectivity index is 2.55. The first-order valence-corrected chi connectivity index (χ1v) is 8.66. The van der Waals surface area contributed by atoms with E-state index in [9.17, 15) is 5.11 Å². The molecule has 23 heavy (non-hydrogen) atoms. The van der Waals surface area contributed by atoms with Gasteiger partial charge in [-0.2, -0.15) is 0 Å². The summed E-state index contributed by atoms with van der Waals surface area (Å²) in [6.45, 7) is 11.4. The number of aliphatic hydroxyl groups is 1. The zero-order valence-corrected chi connectivity index (χ0v) is 15.2. The standard InChI is InChI=1S/C18H33N3O2/c1-6-19-17(21-15(4)10-7-9-14(2)3)20-13-18(5,22)16-11-8-12-23-16/h8,11-12,14-15,22H,6-7,9-10,13H2,1-5H3,(H2,19,20,21). The minimum atomic E-state index is -1.10. The van der Waals surface area contributed by atoms with E-state index in [2.05, 4.69) is 36.4 Å². The molecule has 0 aliphatic rings. The van der Waals surface area contributed by atoms with E-state index >= 15 is 0 Å². The zero-order valence-electron chi connectivity index (χ0n) is 15.2. The third kappa shape index (κ3) is 7.55. The minimum Gasteiger partial charge on any atom is -0.466 e. The van der Waals surface area contributed by atoms with Gasteiger partial charge >= 0.3 is 0 Å². The van der Waals surface area contributed by atoms with Crippen molar-refractivity contribution in [3.05, 3.63) is 24.2 Å². The number of rotatable bonds is 9. The predicted molar refractivity (Wildman–Crippen MR) is 95.5 cm³/mol. The van der Waals surface area contributed by atoms with E-state index in [1.165, 1.54) is 12.8 Å². The van der Waals surface area contributed by atoms with Crippen molar-refractivity contribution in [2.24, 2.45) is 10.9 Å². The zero-order chi connectivity index (χ0) is 17.3. The number of furan rings is 1. The molecular weight excluding hydrogens is 290 g/mol. The van der Waals surface area contributed by atoms with Gasteiger partial charge in [-0.25, -0.2) is 4.99 Å². The number of nitrogens with one attached hydrogen (secondary N) is 2. The number of aliphatic imine (C=N–C) groups is 1. The fourth-order valence-corrected chi connectivity index (χ4v) is 2.35. The van der Waals surface area contributed by atoms with Crippen molar-refractivity contribution in [2.75, 3.05) is 13.1 Å². The number of nitrogens with zero attached hydrogens (tertiary/aromatic N) is 1. The van der Waals surface area contributed by atoms with Crippen LogP contribution in [0.3, 0.4) is 0 Å². The van der Waals surface area contributed by atoms with E-state index in [-0.39, 0.29) is 6.54 Å². The highest BCUT2D eigenvalue weighted by atomic mass is 16.4. The summed E-state index contributed by atoms with van der Waals surface area (Å²) >= 11 is 0. The second-order valence-corrected chi connectivity index (χ2v) is 6.82. The van der Waals surface area contributed by atoms with Gasteiger partial charge in [0.15, 0.2) is 5.96 Å². The van der Waals surface area contributed by atoms with Gasteiger partial charge in [0.25, 0.3) is 0 Å². The highest BCUT2D eigenvalue weighted by Gasteiger charge is 2.26. The van der Waals surface area contributed by atoms with E-state index in [1.807, 2.05) is 6.92 Å². The highest BCUT2D eigenvalue weighted by molar-refractivity contribution is 5.80. The summed E-state index contributed by atoms with van der Waals surface area (Å²) in [7, 11) is 0. The quantitative estimate of drug-likeness (QED) is 0.482. The Bertz CT molecular complexity index is 453. The molecule has 3 N–H and O–H groups in total. The first kappa shape index (κ1) is 19.6. The van der Waals surface area contributed by atoms with E-state index in [1.54, 1.807) is 25.3 Å². The van der Waals surface area contributed by atoms with E-state index in [0.29, 0.717) is 11.8 Å². The molecule has 2 atom stereocenters. The normalized spacial score (nSPS) is 16.2. The number of hydrogen-bond donors (Lipinski definition) is 3. The van der Waals surface area contributed by atoms with Gasteiger partial charge < -0.3 is 20.2 Å². The molecule has 0 saturated heterocycles. The maximum absolute atomic E-state index is 10.5. The van der Waals surface area contributed by atoms with Crippen LogP contribution in [-0.4, -0.2) is 30.2 Å². The lowest BCUT2D eigenvalue weighted by Crippen LogP contribution is -2.43. The van der Waals surface area contributed by atoms with Crippen LogP contribution in [0.2, 0.25) is 0 Å². The first-order valence-electron chi connectivity index (χ1n) is 8.66. The molecule has 1 rings (SSSR count). The van der Waals surface area contributed by atoms with Crippen molar-refractivity contribution in [1.82, 2.24) is 10.6 Å². The average Bonchev–Trinajstić information content (AvgIpc) is 2.99. The maximum Gasteiger partial charge on any atom is 0.191 e. The van der Waals surface area contributed by atoms with Gasteiger partial charge in [-0.05, 0) is 45.2 Å². The summed E-state index contributed by atoms with van der Waals surface area (Å²) in [5.74, 6) is 2.01. The lowest BCUT2D eigenvalue weighted by Gasteiger charge is -2.21. The molecule has 0 aliphatic heterocycles. The average molecular weight is 323 g/mol. The SMILES string of the molecule is CCNC(=NCC(C)(O)c1ccco1)NC(C)CCCC(C)C. The molecule has 5 heteroatoms. The Kier molecular flexibility index (Phi) is 8.17.